The molecule has 73 heavy (non-hydrogen) atoms. The molecular formula is C55H77N7O11. The van der Waals surface area contributed by atoms with Gasteiger partial charge in [-0.25, -0.2) is 4.79 Å². The number of nitrogens with two attached hydrogens (primary N) is 2. The molecule has 3 aromatic rings. The van der Waals surface area contributed by atoms with Crippen molar-refractivity contribution in [1.29, 1.82) is 0 Å². The molecule has 18 heteroatoms. The van der Waals surface area contributed by atoms with Crippen LogP contribution in [-0.2, 0) is 51.2 Å². The van der Waals surface area contributed by atoms with Crippen molar-refractivity contribution in [3.63, 3.8) is 0 Å². The first kappa shape index (κ1) is 60.4. The average molecular weight is 1010 g/mol. The predicted molar refractivity (Wildman–Crippen MR) is 276 cm³/mol. The van der Waals surface area contributed by atoms with Gasteiger partial charge in [-0.15, -0.1) is 0 Å². The fraction of sp³-hybridized carbons (Fsp3) is 0.509. The summed E-state index contributed by atoms with van der Waals surface area (Å²) in [5, 5.41) is 33.0. The van der Waals surface area contributed by atoms with Gasteiger partial charge < -0.3 is 48.3 Å². The maximum Gasteiger partial charge on any atom is 0.326 e. The van der Waals surface area contributed by atoms with E-state index in [9.17, 15) is 53.4 Å². The Hall–Kier alpha value is -6.95. The smallest absolute Gasteiger partial charge is 0.326 e. The first-order chi connectivity index (χ1) is 34.8. The number of nitrogens with one attached hydrogen (secondary N) is 5. The summed E-state index contributed by atoms with van der Waals surface area (Å²) in [6.45, 7) is 5.09. The number of aliphatic hydroxyl groups is 1. The molecule has 0 spiro atoms. The van der Waals surface area contributed by atoms with E-state index in [1.807, 2.05) is 19.9 Å². The van der Waals surface area contributed by atoms with Crippen molar-refractivity contribution in [2.24, 2.45) is 17.4 Å². The van der Waals surface area contributed by atoms with E-state index >= 15 is 0 Å². The van der Waals surface area contributed by atoms with Gasteiger partial charge >= 0.3 is 5.97 Å². The van der Waals surface area contributed by atoms with E-state index < -0.39 is 90.1 Å². The van der Waals surface area contributed by atoms with Crippen LogP contribution in [0.2, 0.25) is 0 Å². The summed E-state index contributed by atoms with van der Waals surface area (Å²) < 4.78 is 0. The predicted octanol–water partition coefficient (Wildman–Crippen LogP) is 4.46. The number of hydrogen-bond donors (Lipinski definition) is 9. The van der Waals surface area contributed by atoms with E-state index in [1.54, 1.807) is 78.9 Å². The molecule has 0 aliphatic carbocycles. The van der Waals surface area contributed by atoms with Gasteiger partial charge in [0, 0.05) is 36.8 Å². The number of unbranched alkanes of at least 4 members (excludes halogenated alkanes) is 11. The van der Waals surface area contributed by atoms with Crippen LogP contribution in [0.25, 0.3) is 0 Å². The molecule has 0 aliphatic rings. The highest BCUT2D eigenvalue weighted by atomic mass is 16.4. The van der Waals surface area contributed by atoms with Gasteiger partial charge in [-0.05, 0) is 43.2 Å². The van der Waals surface area contributed by atoms with Crippen LogP contribution < -0.4 is 38.1 Å². The highest BCUT2D eigenvalue weighted by molar-refractivity contribution is 6.09. The molecule has 0 radical (unpaired) electrons. The summed E-state index contributed by atoms with van der Waals surface area (Å²) in [5.41, 5.74) is 13.3. The highest BCUT2D eigenvalue weighted by Crippen LogP contribution is 2.16. The van der Waals surface area contributed by atoms with Gasteiger partial charge in [-0.2, -0.15) is 0 Å². The molecule has 1 unspecified atom stereocenters. The normalized spacial score (nSPS) is 13.5. The van der Waals surface area contributed by atoms with E-state index in [0.717, 1.165) is 64.2 Å². The van der Waals surface area contributed by atoms with Gasteiger partial charge in [0.25, 0.3) is 0 Å². The summed E-state index contributed by atoms with van der Waals surface area (Å²) in [4.78, 5) is 114. The van der Waals surface area contributed by atoms with Crippen molar-refractivity contribution >= 4 is 53.1 Å². The van der Waals surface area contributed by atoms with Gasteiger partial charge in [0.2, 0.25) is 41.4 Å². The second-order valence-electron chi connectivity index (χ2n) is 19.2. The third-order valence-corrected chi connectivity index (χ3v) is 12.3. The maximum absolute atomic E-state index is 13.6. The fourth-order valence-corrected chi connectivity index (χ4v) is 8.23. The van der Waals surface area contributed by atoms with Crippen molar-refractivity contribution in [2.75, 3.05) is 0 Å². The van der Waals surface area contributed by atoms with E-state index in [-0.39, 0.29) is 43.8 Å². The van der Waals surface area contributed by atoms with Crippen molar-refractivity contribution in [2.45, 2.75) is 173 Å². The highest BCUT2D eigenvalue weighted by Gasteiger charge is 2.32. The Morgan fingerprint density at radius 2 is 0.904 bits per heavy atom. The molecule has 11 N–H and O–H groups in total. The zero-order valence-corrected chi connectivity index (χ0v) is 42.6. The number of aliphatic hydroxyl groups excluding tert-OH is 1. The molecule has 7 amide bonds. The number of primary amides is 2. The zero-order valence-electron chi connectivity index (χ0n) is 42.6. The Morgan fingerprint density at radius 1 is 0.479 bits per heavy atom. The lowest BCUT2D eigenvalue weighted by molar-refractivity contribution is -0.142. The van der Waals surface area contributed by atoms with Crippen LogP contribution in [0.15, 0.2) is 84.9 Å². The van der Waals surface area contributed by atoms with Gasteiger partial charge in [0.15, 0.2) is 5.78 Å². The number of amides is 7. The first-order valence-corrected chi connectivity index (χ1v) is 25.6. The fourth-order valence-electron chi connectivity index (χ4n) is 8.23. The molecule has 3 aromatic carbocycles. The third-order valence-electron chi connectivity index (χ3n) is 12.3. The minimum absolute atomic E-state index is 0.0287. The van der Waals surface area contributed by atoms with E-state index in [2.05, 4.69) is 26.6 Å². The monoisotopic (exact) mass is 1010 g/mol. The number of ketones is 1. The van der Waals surface area contributed by atoms with Crippen LogP contribution in [0.1, 0.15) is 151 Å². The van der Waals surface area contributed by atoms with E-state index in [4.69, 9.17) is 11.5 Å². The van der Waals surface area contributed by atoms with Crippen LogP contribution in [0.4, 0.5) is 0 Å². The SMILES string of the molecule is CC(C)C[C@H](NC(=O)[C@@H](NC(=O)CCCCCCCCCCCCCCC(=O)N[C@@H](CC(N)=O)C(=O)N[C@@H](Cc1ccccc1)C(=O)O)C(C)O)C(=O)N[C@@H](Cc1ccc(C(=O)c2ccccc2)cc1)C(N)=O. The molecule has 0 aromatic heterocycles. The lowest BCUT2D eigenvalue weighted by Gasteiger charge is -2.27. The molecule has 0 aliphatic heterocycles. The number of carbonyl (C=O) groups excluding carboxylic acids is 8. The number of benzene rings is 3. The molecule has 3 rings (SSSR count). The second kappa shape index (κ2) is 32.9. The van der Waals surface area contributed by atoms with Crippen LogP contribution in [-0.4, -0.2) is 99.6 Å². The molecule has 0 bridgehead atoms. The van der Waals surface area contributed by atoms with Crippen molar-refractivity contribution < 1.29 is 53.4 Å². The number of hydrogen-bond acceptors (Lipinski definition) is 10. The number of carbonyl (C=O) groups is 9. The molecule has 0 fully saturated rings. The summed E-state index contributed by atoms with van der Waals surface area (Å²) in [6.07, 6.45) is 9.75. The molecule has 0 heterocycles. The Labute approximate surface area is 429 Å². The Bertz CT molecular complexity index is 2240. The third kappa shape index (κ3) is 23.9. The lowest BCUT2D eigenvalue weighted by Crippen LogP contribution is -2.59. The molecule has 6 atom stereocenters. The summed E-state index contributed by atoms with van der Waals surface area (Å²) in [6, 6.07) is 18.1. The average Bonchev–Trinajstić information content (AvgIpc) is 3.34. The Balaban J connectivity index is 1.30. The number of carboxylic acid groups (broad SMARTS) is 1. The minimum Gasteiger partial charge on any atom is -0.480 e. The second-order valence-corrected chi connectivity index (χ2v) is 19.2. The molecule has 18 nitrogen and oxygen atoms in total. The van der Waals surface area contributed by atoms with Crippen molar-refractivity contribution in [3.05, 3.63) is 107 Å². The summed E-state index contributed by atoms with van der Waals surface area (Å²) in [7, 11) is 0. The van der Waals surface area contributed by atoms with Crippen LogP contribution >= 0.6 is 0 Å². The van der Waals surface area contributed by atoms with Crippen molar-refractivity contribution in [1.82, 2.24) is 26.6 Å². The summed E-state index contributed by atoms with van der Waals surface area (Å²) >= 11 is 0. The van der Waals surface area contributed by atoms with Gasteiger partial charge in [0.05, 0.1) is 12.5 Å². The molecular weight excluding hydrogens is 935 g/mol. The number of aliphatic carboxylic acids is 1. The number of rotatable bonds is 36. The van der Waals surface area contributed by atoms with E-state index in [0.29, 0.717) is 35.1 Å². The Kier molecular flexibility index (Phi) is 27.2. The topological polar surface area (TPSA) is 306 Å². The van der Waals surface area contributed by atoms with Crippen molar-refractivity contribution in [3.8, 4) is 0 Å². The lowest BCUT2D eigenvalue weighted by atomic mass is 9.98. The number of carboxylic acids is 1. The van der Waals surface area contributed by atoms with Gasteiger partial charge in [0.1, 0.15) is 30.2 Å². The Morgan fingerprint density at radius 3 is 1.38 bits per heavy atom. The van der Waals surface area contributed by atoms with Gasteiger partial charge in [-0.1, -0.05) is 163 Å². The van der Waals surface area contributed by atoms with E-state index in [1.165, 1.54) is 6.92 Å². The molecule has 0 saturated carbocycles. The van der Waals surface area contributed by atoms with Gasteiger partial charge in [-0.3, -0.25) is 38.4 Å². The quantitative estimate of drug-likeness (QED) is 0.0289. The first-order valence-electron chi connectivity index (χ1n) is 25.6. The largest absolute Gasteiger partial charge is 0.480 e. The summed E-state index contributed by atoms with van der Waals surface area (Å²) in [5.74, 6) is -6.07. The zero-order chi connectivity index (χ0) is 53.7. The molecule has 398 valence electrons. The van der Waals surface area contributed by atoms with Crippen LogP contribution in [0.3, 0.4) is 0 Å². The minimum atomic E-state index is -1.32. The standard InChI is InChI=1S/C55H77N7O11/c1-36(2)32-43(52(69)59-42(51(57)68)33-39-28-30-41(31-29-39)50(67)40-24-18-15-19-25-40)60-54(71)49(37(3)63)62-48(66)27-21-13-11-9-7-5-4-6-8-10-12-20-26-47(65)58-44(35-46(56)64)53(70)61-45(55(72)73)34-38-22-16-14-17-23-38/h14-19,22-25,28-31,36-37,42-45,49,63H,4-13,20-21,26-27,32-35H2,1-3H3,(H2,56,64)(H2,57,68)(H,58,65)(H,59,69)(H,60,71)(H,61,70)(H,62,66)(H,72,73)/t37?,42-,43-,44-,45-,49-/m0/s1. The molecule has 0 saturated heterocycles. The van der Waals surface area contributed by atoms with Crippen LogP contribution in [0.5, 0.6) is 0 Å². The van der Waals surface area contributed by atoms with Crippen LogP contribution in [0, 0.1) is 5.92 Å². The maximum atomic E-state index is 13.6.